The Hall–Kier alpha value is -1.72. The summed E-state index contributed by atoms with van der Waals surface area (Å²) in [5.41, 5.74) is 1.08. The van der Waals surface area contributed by atoms with Crippen LogP contribution in [0.25, 0.3) is 0 Å². The zero-order valence-electron chi connectivity index (χ0n) is 13.7. The van der Waals surface area contributed by atoms with Gasteiger partial charge in [0.05, 0.1) is 17.2 Å². The van der Waals surface area contributed by atoms with Gasteiger partial charge >= 0.3 is 0 Å². The van der Waals surface area contributed by atoms with E-state index >= 15 is 0 Å². The molecule has 0 unspecified atom stereocenters. The molecule has 5 heteroatoms. The van der Waals surface area contributed by atoms with Crippen LogP contribution in [0.15, 0.2) is 24.3 Å². The Kier molecular flexibility index (Phi) is 5.08. The summed E-state index contributed by atoms with van der Waals surface area (Å²) in [6.07, 6.45) is 4.45. The van der Waals surface area contributed by atoms with E-state index < -0.39 is 0 Å². The number of carbonyl (C=O) groups is 2. The third-order valence-electron chi connectivity index (χ3n) is 4.85. The number of hydrogen-bond donors (Lipinski definition) is 0. The van der Waals surface area contributed by atoms with E-state index in [0.717, 1.165) is 45.3 Å². The highest BCUT2D eigenvalue weighted by atomic mass is 16.5. The molecule has 1 saturated heterocycles. The monoisotopic (exact) mass is 316 g/mol. The molecule has 0 saturated carbocycles. The molecule has 0 N–H and O–H groups in total. The van der Waals surface area contributed by atoms with Gasteiger partial charge in [-0.05, 0) is 44.4 Å². The summed E-state index contributed by atoms with van der Waals surface area (Å²) in [5.74, 6) is -0.294. The first-order valence-corrected chi connectivity index (χ1v) is 8.41. The van der Waals surface area contributed by atoms with Crippen molar-refractivity contribution in [3.05, 3.63) is 35.4 Å². The number of carbonyl (C=O) groups excluding carboxylic acids is 2. The van der Waals surface area contributed by atoms with E-state index in [1.54, 1.807) is 31.4 Å². The van der Waals surface area contributed by atoms with Crippen LogP contribution < -0.4 is 0 Å². The molecule has 0 radical (unpaired) electrons. The SMILES string of the molecule is COC1CCN(CCCCN2C(=O)c3ccccc3C2=O)CC1. The third-order valence-corrected chi connectivity index (χ3v) is 4.85. The summed E-state index contributed by atoms with van der Waals surface area (Å²) in [6, 6.07) is 7.07. The van der Waals surface area contributed by atoms with Crippen LogP contribution in [0.1, 0.15) is 46.4 Å². The number of amides is 2. The molecule has 5 nitrogen and oxygen atoms in total. The molecule has 0 atom stereocenters. The standard InChI is InChI=1S/C18H24N2O3/c1-23-14-8-12-19(13-9-14)10-4-5-11-20-17(21)15-6-2-3-7-16(15)18(20)22/h2-3,6-7,14H,4-5,8-13H2,1H3. The normalized spacial score (nSPS) is 19.4. The van der Waals surface area contributed by atoms with Gasteiger partial charge in [0.25, 0.3) is 11.8 Å². The van der Waals surface area contributed by atoms with Crippen LogP contribution in [0.3, 0.4) is 0 Å². The molecule has 1 aromatic rings. The Labute approximate surface area is 137 Å². The van der Waals surface area contributed by atoms with Gasteiger partial charge in [-0.25, -0.2) is 0 Å². The number of likely N-dealkylation sites (tertiary alicyclic amines) is 1. The Morgan fingerprint density at radius 2 is 1.57 bits per heavy atom. The third kappa shape index (κ3) is 3.46. The fraction of sp³-hybridized carbons (Fsp3) is 0.556. The van der Waals surface area contributed by atoms with Crippen LogP contribution in [-0.2, 0) is 4.74 Å². The average molecular weight is 316 g/mol. The molecule has 0 aliphatic carbocycles. The molecule has 1 fully saturated rings. The second kappa shape index (κ2) is 7.23. The molecule has 2 aliphatic heterocycles. The highest BCUT2D eigenvalue weighted by Gasteiger charge is 2.34. The fourth-order valence-electron chi connectivity index (χ4n) is 3.42. The molecule has 124 valence electrons. The van der Waals surface area contributed by atoms with Crippen LogP contribution in [0.5, 0.6) is 0 Å². The molecule has 2 amide bonds. The number of nitrogens with zero attached hydrogens (tertiary/aromatic N) is 2. The van der Waals surface area contributed by atoms with Crippen molar-refractivity contribution in [2.24, 2.45) is 0 Å². The van der Waals surface area contributed by atoms with E-state index in [0.29, 0.717) is 23.8 Å². The number of rotatable bonds is 6. The summed E-state index contributed by atoms with van der Waals surface area (Å²) in [5, 5.41) is 0. The number of benzene rings is 1. The van der Waals surface area contributed by atoms with E-state index in [2.05, 4.69) is 4.90 Å². The molecule has 0 spiro atoms. The maximum Gasteiger partial charge on any atom is 0.261 e. The summed E-state index contributed by atoms with van der Waals surface area (Å²) in [7, 11) is 1.78. The van der Waals surface area contributed by atoms with Crippen LogP contribution in [-0.4, -0.2) is 61.0 Å². The van der Waals surface area contributed by atoms with E-state index in [9.17, 15) is 9.59 Å². The molecule has 3 rings (SSSR count). The summed E-state index contributed by atoms with van der Waals surface area (Å²) < 4.78 is 5.38. The van der Waals surface area contributed by atoms with E-state index in [1.807, 2.05) is 0 Å². The van der Waals surface area contributed by atoms with Gasteiger partial charge in [-0.1, -0.05) is 12.1 Å². The first kappa shape index (κ1) is 16.1. The lowest BCUT2D eigenvalue weighted by molar-refractivity contribution is 0.0403. The number of ether oxygens (including phenoxy) is 1. The predicted molar refractivity (Wildman–Crippen MR) is 87.5 cm³/mol. The minimum Gasteiger partial charge on any atom is -0.381 e. The molecule has 1 aromatic carbocycles. The number of imide groups is 1. The highest BCUT2D eigenvalue weighted by Crippen LogP contribution is 2.22. The summed E-state index contributed by atoms with van der Waals surface area (Å²) in [6.45, 7) is 3.69. The van der Waals surface area contributed by atoms with Crippen molar-refractivity contribution in [1.29, 1.82) is 0 Å². The van der Waals surface area contributed by atoms with Crippen molar-refractivity contribution >= 4 is 11.8 Å². The minimum absolute atomic E-state index is 0.147. The smallest absolute Gasteiger partial charge is 0.261 e. The van der Waals surface area contributed by atoms with Gasteiger partial charge in [0.2, 0.25) is 0 Å². The Morgan fingerprint density at radius 3 is 2.13 bits per heavy atom. The van der Waals surface area contributed by atoms with Gasteiger partial charge in [0, 0.05) is 26.7 Å². The van der Waals surface area contributed by atoms with Crippen molar-refractivity contribution < 1.29 is 14.3 Å². The van der Waals surface area contributed by atoms with Gasteiger partial charge in [-0.15, -0.1) is 0 Å². The Morgan fingerprint density at radius 1 is 1.00 bits per heavy atom. The number of piperidine rings is 1. The van der Waals surface area contributed by atoms with E-state index in [1.165, 1.54) is 4.90 Å². The summed E-state index contributed by atoms with van der Waals surface area (Å²) >= 11 is 0. The first-order chi connectivity index (χ1) is 11.2. The van der Waals surface area contributed by atoms with Crippen molar-refractivity contribution in [1.82, 2.24) is 9.80 Å². The van der Waals surface area contributed by atoms with Crippen LogP contribution in [0.4, 0.5) is 0 Å². The second-order valence-corrected chi connectivity index (χ2v) is 6.29. The van der Waals surface area contributed by atoms with Gasteiger partial charge in [-0.2, -0.15) is 0 Å². The fourth-order valence-corrected chi connectivity index (χ4v) is 3.42. The van der Waals surface area contributed by atoms with Crippen molar-refractivity contribution in [3.8, 4) is 0 Å². The zero-order chi connectivity index (χ0) is 16.2. The Balaban J connectivity index is 1.42. The molecule has 23 heavy (non-hydrogen) atoms. The molecule has 0 bridgehead atoms. The molecule has 0 aromatic heterocycles. The number of methoxy groups -OCH3 is 1. The number of hydrogen-bond acceptors (Lipinski definition) is 4. The highest BCUT2D eigenvalue weighted by molar-refractivity contribution is 6.21. The van der Waals surface area contributed by atoms with Gasteiger partial charge in [0.15, 0.2) is 0 Å². The van der Waals surface area contributed by atoms with Crippen LogP contribution in [0.2, 0.25) is 0 Å². The zero-order valence-corrected chi connectivity index (χ0v) is 13.7. The van der Waals surface area contributed by atoms with E-state index in [4.69, 9.17) is 4.74 Å². The van der Waals surface area contributed by atoms with Crippen LogP contribution in [0, 0.1) is 0 Å². The maximum atomic E-state index is 12.3. The van der Waals surface area contributed by atoms with Crippen molar-refractivity contribution in [2.75, 3.05) is 33.3 Å². The average Bonchev–Trinajstić information content (AvgIpc) is 2.84. The van der Waals surface area contributed by atoms with Gasteiger partial charge < -0.3 is 9.64 Å². The molecular weight excluding hydrogens is 292 g/mol. The molecule has 2 aliphatic rings. The lowest BCUT2D eigenvalue weighted by Crippen LogP contribution is -2.37. The second-order valence-electron chi connectivity index (χ2n) is 6.29. The maximum absolute atomic E-state index is 12.3. The van der Waals surface area contributed by atoms with Gasteiger partial charge in [0.1, 0.15) is 0 Å². The lowest BCUT2D eigenvalue weighted by Gasteiger charge is -2.31. The summed E-state index contributed by atoms with van der Waals surface area (Å²) in [4.78, 5) is 28.3. The lowest BCUT2D eigenvalue weighted by atomic mass is 10.1. The van der Waals surface area contributed by atoms with Crippen LogP contribution >= 0.6 is 0 Å². The van der Waals surface area contributed by atoms with E-state index in [-0.39, 0.29) is 11.8 Å². The molecule has 2 heterocycles. The number of unbranched alkanes of at least 4 members (excludes halogenated alkanes) is 1. The quantitative estimate of drug-likeness (QED) is 0.596. The minimum atomic E-state index is -0.147. The molecular formula is C18H24N2O3. The largest absolute Gasteiger partial charge is 0.381 e. The van der Waals surface area contributed by atoms with Crippen molar-refractivity contribution in [2.45, 2.75) is 31.8 Å². The van der Waals surface area contributed by atoms with Crippen molar-refractivity contribution in [3.63, 3.8) is 0 Å². The van der Waals surface area contributed by atoms with Gasteiger partial charge in [-0.3, -0.25) is 14.5 Å². The number of fused-ring (bicyclic) bond motifs is 1. The topological polar surface area (TPSA) is 49.9 Å². The Bertz CT molecular complexity index is 544. The predicted octanol–water partition coefficient (Wildman–Crippen LogP) is 2.17. The first-order valence-electron chi connectivity index (χ1n) is 8.41.